The Morgan fingerprint density at radius 2 is 2.15 bits per heavy atom. The summed E-state index contributed by atoms with van der Waals surface area (Å²) in [4.78, 5) is 20.5. The van der Waals surface area contributed by atoms with Gasteiger partial charge in [0.25, 0.3) is 0 Å². The number of aromatic nitrogens is 2. The van der Waals surface area contributed by atoms with Crippen LogP contribution in [0.1, 0.15) is 26.0 Å². The SMILES string of the molecule is Cc1nc(NN)nc(N(CCCO)C(C)C)c1[N+](=O)[O-]. The van der Waals surface area contributed by atoms with Crippen LogP contribution in [-0.2, 0) is 0 Å². The lowest BCUT2D eigenvalue weighted by molar-refractivity contribution is -0.385. The Morgan fingerprint density at radius 3 is 2.60 bits per heavy atom. The molecule has 0 aliphatic heterocycles. The molecule has 0 fully saturated rings. The molecule has 0 unspecified atom stereocenters. The number of aryl methyl sites for hydroxylation is 1. The first-order chi connectivity index (χ1) is 9.42. The fourth-order valence-electron chi connectivity index (χ4n) is 1.88. The molecule has 20 heavy (non-hydrogen) atoms. The molecule has 1 rings (SSSR count). The van der Waals surface area contributed by atoms with Crippen molar-refractivity contribution in [1.82, 2.24) is 9.97 Å². The minimum Gasteiger partial charge on any atom is -0.396 e. The van der Waals surface area contributed by atoms with Gasteiger partial charge in [-0.1, -0.05) is 0 Å². The highest BCUT2D eigenvalue weighted by Gasteiger charge is 2.27. The van der Waals surface area contributed by atoms with Crippen molar-refractivity contribution in [1.29, 1.82) is 0 Å². The molecule has 1 aromatic heterocycles. The first-order valence-electron chi connectivity index (χ1n) is 6.29. The van der Waals surface area contributed by atoms with Gasteiger partial charge in [-0.3, -0.25) is 15.5 Å². The number of hydrogen-bond donors (Lipinski definition) is 3. The second-order valence-electron chi connectivity index (χ2n) is 4.57. The maximum absolute atomic E-state index is 11.2. The number of nitrogen functional groups attached to an aromatic ring is 1. The maximum Gasteiger partial charge on any atom is 0.332 e. The molecule has 4 N–H and O–H groups in total. The van der Waals surface area contributed by atoms with Crippen LogP contribution in [0, 0.1) is 17.0 Å². The lowest BCUT2D eigenvalue weighted by Gasteiger charge is -2.27. The number of nitrogens with zero attached hydrogens (tertiary/aromatic N) is 4. The Balaban J connectivity index is 3.36. The van der Waals surface area contributed by atoms with Gasteiger partial charge in [0, 0.05) is 19.2 Å². The van der Waals surface area contributed by atoms with E-state index in [9.17, 15) is 10.1 Å². The number of nitrogens with two attached hydrogens (primary N) is 1. The number of hydrazine groups is 1. The van der Waals surface area contributed by atoms with Crippen molar-refractivity contribution in [3.8, 4) is 0 Å². The average molecular weight is 284 g/mol. The van der Waals surface area contributed by atoms with Crippen LogP contribution in [0.5, 0.6) is 0 Å². The van der Waals surface area contributed by atoms with Crippen LogP contribution in [0.4, 0.5) is 17.5 Å². The lowest BCUT2D eigenvalue weighted by Crippen LogP contribution is -2.34. The van der Waals surface area contributed by atoms with Gasteiger partial charge in [0.1, 0.15) is 5.69 Å². The maximum atomic E-state index is 11.2. The summed E-state index contributed by atoms with van der Waals surface area (Å²) in [5.41, 5.74) is 2.40. The first-order valence-corrected chi connectivity index (χ1v) is 6.29. The summed E-state index contributed by atoms with van der Waals surface area (Å²) in [7, 11) is 0. The number of anilines is 2. The van der Waals surface area contributed by atoms with Crippen LogP contribution >= 0.6 is 0 Å². The van der Waals surface area contributed by atoms with Gasteiger partial charge in [-0.15, -0.1) is 0 Å². The molecule has 0 radical (unpaired) electrons. The van der Waals surface area contributed by atoms with Crippen molar-refractivity contribution >= 4 is 17.5 Å². The van der Waals surface area contributed by atoms with Gasteiger partial charge in [-0.05, 0) is 27.2 Å². The molecule has 9 heteroatoms. The molecule has 0 aliphatic carbocycles. The lowest BCUT2D eigenvalue weighted by atomic mass is 10.2. The number of hydrogen-bond acceptors (Lipinski definition) is 8. The minimum absolute atomic E-state index is 0.00305. The quantitative estimate of drug-likeness (QED) is 0.376. The van der Waals surface area contributed by atoms with E-state index >= 15 is 0 Å². The van der Waals surface area contributed by atoms with Crippen LogP contribution in [-0.4, -0.2) is 39.2 Å². The van der Waals surface area contributed by atoms with Crippen molar-refractivity contribution in [2.45, 2.75) is 33.2 Å². The third-order valence-corrected chi connectivity index (χ3v) is 2.80. The van der Waals surface area contributed by atoms with Gasteiger partial charge in [0.15, 0.2) is 0 Å². The van der Waals surface area contributed by atoms with Crippen LogP contribution in [0.2, 0.25) is 0 Å². The second-order valence-corrected chi connectivity index (χ2v) is 4.57. The van der Waals surface area contributed by atoms with E-state index < -0.39 is 4.92 Å². The summed E-state index contributed by atoms with van der Waals surface area (Å²) in [6, 6.07) is -0.0137. The molecule has 0 amide bonds. The smallest absolute Gasteiger partial charge is 0.332 e. The van der Waals surface area contributed by atoms with E-state index in [1.54, 1.807) is 4.90 Å². The highest BCUT2D eigenvalue weighted by molar-refractivity contribution is 5.62. The largest absolute Gasteiger partial charge is 0.396 e. The summed E-state index contributed by atoms with van der Waals surface area (Å²) < 4.78 is 0. The zero-order valence-corrected chi connectivity index (χ0v) is 11.8. The normalized spacial score (nSPS) is 10.7. The topological polar surface area (TPSA) is 130 Å². The third-order valence-electron chi connectivity index (χ3n) is 2.80. The van der Waals surface area contributed by atoms with Crippen LogP contribution in [0.3, 0.4) is 0 Å². The number of rotatable bonds is 7. The summed E-state index contributed by atoms with van der Waals surface area (Å²) in [5.74, 6) is 5.62. The molecule has 0 atom stereocenters. The van der Waals surface area contributed by atoms with Crippen molar-refractivity contribution in [3.63, 3.8) is 0 Å². The van der Waals surface area contributed by atoms with Crippen molar-refractivity contribution < 1.29 is 10.0 Å². The van der Waals surface area contributed by atoms with E-state index in [1.807, 2.05) is 13.8 Å². The molecule has 1 heterocycles. The highest BCUT2D eigenvalue weighted by atomic mass is 16.6. The summed E-state index contributed by atoms with van der Waals surface area (Å²) in [6.45, 7) is 5.79. The Labute approximate surface area is 116 Å². The van der Waals surface area contributed by atoms with E-state index in [2.05, 4.69) is 15.4 Å². The van der Waals surface area contributed by atoms with Crippen LogP contribution in [0.25, 0.3) is 0 Å². The number of aliphatic hydroxyl groups excluding tert-OH is 1. The number of nitrogens with one attached hydrogen (secondary N) is 1. The standard InChI is InChI=1S/C11H20N6O3/c1-7(2)16(5-4-6-18)10-9(17(19)20)8(3)13-11(14-10)15-12/h7,18H,4-6,12H2,1-3H3,(H,13,14,15). The Hall–Kier alpha value is -2.00. The zero-order valence-electron chi connectivity index (χ0n) is 11.8. The third kappa shape index (κ3) is 3.52. The van der Waals surface area contributed by atoms with E-state index in [1.165, 1.54) is 6.92 Å². The zero-order chi connectivity index (χ0) is 15.3. The molecule has 0 bridgehead atoms. The van der Waals surface area contributed by atoms with Gasteiger partial charge in [0.05, 0.1) is 4.92 Å². The Kier molecular flexibility index (Phi) is 5.59. The van der Waals surface area contributed by atoms with Crippen molar-refractivity contribution in [3.05, 3.63) is 15.8 Å². The van der Waals surface area contributed by atoms with E-state index in [4.69, 9.17) is 10.9 Å². The minimum atomic E-state index is -0.501. The van der Waals surface area contributed by atoms with Gasteiger partial charge < -0.3 is 10.0 Å². The molecule has 0 aliphatic rings. The van der Waals surface area contributed by atoms with E-state index in [-0.39, 0.29) is 35.8 Å². The predicted molar refractivity (Wildman–Crippen MR) is 75.4 cm³/mol. The molecule has 1 aromatic rings. The van der Waals surface area contributed by atoms with Gasteiger partial charge in [-0.2, -0.15) is 4.98 Å². The molecule has 0 aromatic carbocycles. The fourth-order valence-corrected chi connectivity index (χ4v) is 1.88. The predicted octanol–water partition coefficient (Wildman–Crippen LogP) is 0.576. The molecule has 9 nitrogen and oxygen atoms in total. The molecular weight excluding hydrogens is 264 g/mol. The van der Waals surface area contributed by atoms with Crippen LogP contribution < -0.4 is 16.2 Å². The van der Waals surface area contributed by atoms with E-state index in [0.29, 0.717) is 13.0 Å². The fraction of sp³-hybridized carbons (Fsp3) is 0.636. The summed E-state index contributed by atoms with van der Waals surface area (Å²) in [6.07, 6.45) is 0.490. The number of nitro groups is 1. The summed E-state index contributed by atoms with van der Waals surface area (Å²) >= 11 is 0. The summed E-state index contributed by atoms with van der Waals surface area (Å²) in [5, 5.41) is 20.2. The van der Waals surface area contributed by atoms with Gasteiger partial charge in [0.2, 0.25) is 11.8 Å². The molecular formula is C11H20N6O3. The van der Waals surface area contributed by atoms with Crippen molar-refractivity contribution in [2.24, 2.45) is 5.84 Å². The highest BCUT2D eigenvalue weighted by Crippen LogP contribution is 2.30. The van der Waals surface area contributed by atoms with Gasteiger partial charge in [-0.25, -0.2) is 10.8 Å². The molecule has 0 saturated carbocycles. The average Bonchev–Trinajstić information content (AvgIpc) is 2.37. The van der Waals surface area contributed by atoms with E-state index in [0.717, 1.165) is 0 Å². The number of aliphatic hydroxyl groups is 1. The first kappa shape index (κ1) is 16.1. The second kappa shape index (κ2) is 6.96. The Morgan fingerprint density at radius 1 is 1.50 bits per heavy atom. The molecule has 0 spiro atoms. The van der Waals surface area contributed by atoms with Gasteiger partial charge >= 0.3 is 5.69 Å². The monoisotopic (exact) mass is 284 g/mol. The van der Waals surface area contributed by atoms with Crippen LogP contribution in [0.15, 0.2) is 0 Å². The van der Waals surface area contributed by atoms with Crippen molar-refractivity contribution in [2.75, 3.05) is 23.5 Å². The molecule has 0 saturated heterocycles. The Bertz CT molecular complexity index is 479. The molecule has 112 valence electrons.